The molecule has 0 spiro atoms. The Bertz CT molecular complexity index is 661. The second-order valence-electron chi connectivity index (χ2n) is 5.96. The highest BCUT2D eigenvalue weighted by Crippen LogP contribution is 2.25. The number of nitrogens with one attached hydrogen (secondary N) is 2. The number of aliphatic hydroxyl groups is 1. The molecule has 0 heterocycles. The first-order chi connectivity index (χ1) is 12.2. The van der Waals surface area contributed by atoms with E-state index in [9.17, 15) is 4.79 Å². The number of benzene rings is 2. The summed E-state index contributed by atoms with van der Waals surface area (Å²) in [4.78, 5) is 14.6. The van der Waals surface area contributed by atoms with Crippen LogP contribution in [0.2, 0.25) is 0 Å². The number of urea groups is 1. The Kier molecular flexibility index (Phi) is 7.29. The molecule has 2 rings (SSSR count). The average molecular weight is 341 g/mol. The van der Waals surface area contributed by atoms with Crippen molar-refractivity contribution < 1.29 is 9.90 Å². The normalized spacial score (nSPS) is 11.6. The maximum Gasteiger partial charge on any atom is 0.319 e. The van der Waals surface area contributed by atoms with Gasteiger partial charge in [-0.2, -0.15) is 0 Å². The molecule has 0 aliphatic heterocycles. The number of carbonyl (C=O) groups excluding carboxylic acids is 1. The van der Waals surface area contributed by atoms with Crippen molar-refractivity contribution in [1.29, 1.82) is 0 Å². The van der Waals surface area contributed by atoms with E-state index in [0.717, 1.165) is 23.5 Å². The maximum absolute atomic E-state index is 12.5. The highest BCUT2D eigenvalue weighted by molar-refractivity contribution is 5.93. The van der Waals surface area contributed by atoms with Gasteiger partial charge in [0.15, 0.2) is 0 Å². The molecule has 0 bridgehead atoms. The van der Waals surface area contributed by atoms with E-state index in [1.165, 1.54) is 0 Å². The molecular formula is C20H27N3O2. The van der Waals surface area contributed by atoms with Gasteiger partial charge in [-0.3, -0.25) is 0 Å². The van der Waals surface area contributed by atoms with Gasteiger partial charge in [0.05, 0.1) is 17.4 Å². The summed E-state index contributed by atoms with van der Waals surface area (Å²) in [6.45, 7) is 3.03. The maximum atomic E-state index is 12.5. The van der Waals surface area contributed by atoms with Crippen LogP contribution in [0.25, 0.3) is 0 Å². The summed E-state index contributed by atoms with van der Waals surface area (Å²) in [5.41, 5.74) is 2.79. The van der Waals surface area contributed by atoms with Crippen LogP contribution in [0.15, 0.2) is 54.6 Å². The second-order valence-corrected chi connectivity index (χ2v) is 5.96. The Balaban J connectivity index is 2.09. The van der Waals surface area contributed by atoms with Crippen molar-refractivity contribution in [2.75, 3.05) is 30.4 Å². The van der Waals surface area contributed by atoms with Crippen molar-refractivity contribution in [3.05, 3.63) is 60.2 Å². The van der Waals surface area contributed by atoms with Crippen LogP contribution in [0.5, 0.6) is 0 Å². The van der Waals surface area contributed by atoms with Crippen molar-refractivity contribution in [2.45, 2.75) is 25.8 Å². The third kappa shape index (κ3) is 5.50. The van der Waals surface area contributed by atoms with Crippen LogP contribution < -0.4 is 15.5 Å². The fourth-order valence-electron chi connectivity index (χ4n) is 2.70. The molecule has 2 amide bonds. The number of hydrogen-bond donors (Lipinski definition) is 3. The summed E-state index contributed by atoms with van der Waals surface area (Å²) >= 11 is 0. The van der Waals surface area contributed by atoms with E-state index < -0.39 is 0 Å². The molecular weight excluding hydrogens is 314 g/mol. The fraction of sp³-hybridized carbons (Fsp3) is 0.350. The predicted octanol–water partition coefficient (Wildman–Crippen LogP) is 3.78. The van der Waals surface area contributed by atoms with E-state index in [1.807, 2.05) is 61.6 Å². The van der Waals surface area contributed by atoms with Crippen molar-refractivity contribution in [2.24, 2.45) is 0 Å². The van der Waals surface area contributed by atoms with E-state index in [-0.39, 0.29) is 18.7 Å². The molecule has 0 saturated carbocycles. The summed E-state index contributed by atoms with van der Waals surface area (Å²) in [5, 5.41) is 15.1. The second kappa shape index (κ2) is 9.69. The average Bonchev–Trinajstić information content (AvgIpc) is 2.65. The molecule has 0 aliphatic rings. The molecule has 2 aromatic carbocycles. The number of hydrogen-bond acceptors (Lipinski definition) is 3. The number of nitrogens with zero attached hydrogens (tertiary/aromatic N) is 1. The van der Waals surface area contributed by atoms with Gasteiger partial charge >= 0.3 is 6.03 Å². The number of carbonyl (C=O) groups is 1. The SMILES string of the molecule is CCN(C)c1ccccc1NC(=O)N[C@H](CCCO)c1ccccc1. The Morgan fingerprint density at radius 2 is 1.80 bits per heavy atom. The van der Waals surface area contributed by atoms with Crippen molar-refractivity contribution in [3.63, 3.8) is 0 Å². The third-order valence-electron chi connectivity index (χ3n) is 4.20. The van der Waals surface area contributed by atoms with E-state index in [2.05, 4.69) is 22.5 Å². The summed E-state index contributed by atoms with van der Waals surface area (Å²) < 4.78 is 0. The molecule has 5 nitrogen and oxygen atoms in total. The lowest BCUT2D eigenvalue weighted by atomic mass is 10.0. The van der Waals surface area contributed by atoms with Gasteiger partial charge < -0.3 is 20.6 Å². The minimum absolute atomic E-state index is 0.108. The number of anilines is 2. The smallest absolute Gasteiger partial charge is 0.319 e. The predicted molar refractivity (Wildman–Crippen MR) is 103 cm³/mol. The summed E-state index contributed by atoms with van der Waals surface area (Å²) in [7, 11) is 1.99. The van der Waals surface area contributed by atoms with Gasteiger partial charge in [0.2, 0.25) is 0 Å². The number of aliphatic hydroxyl groups excluding tert-OH is 1. The fourth-order valence-corrected chi connectivity index (χ4v) is 2.70. The molecule has 3 N–H and O–H groups in total. The third-order valence-corrected chi connectivity index (χ3v) is 4.20. The minimum Gasteiger partial charge on any atom is -0.396 e. The van der Waals surface area contributed by atoms with Crippen LogP contribution in [-0.4, -0.2) is 31.3 Å². The minimum atomic E-state index is -0.247. The molecule has 0 saturated heterocycles. The van der Waals surface area contributed by atoms with Gasteiger partial charge in [-0.25, -0.2) is 4.79 Å². The van der Waals surface area contributed by atoms with Crippen LogP contribution in [0.1, 0.15) is 31.4 Å². The molecule has 0 aliphatic carbocycles. The van der Waals surface area contributed by atoms with E-state index >= 15 is 0 Å². The molecule has 25 heavy (non-hydrogen) atoms. The Labute approximate surface area is 149 Å². The lowest BCUT2D eigenvalue weighted by Crippen LogP contribution is -2.33. The van der Waals surface area contributed by atoms with E-state index in [1.54, 1.807) is 0 Å². The zero-order valence-electron chi connectivity index (χ0n) is 14.9. The van der Waals surface area contributed by atoms with Gasteiger partial charge in [-0.1, -0.05) is 42.5 Å². The van der Waals surface area contributed by atoms with Crippen molar-refractivity contribution in [3.8, 4) is 0 Å². The topological polar surface area (TPSA) is 64.6 Å². The van der Waals surface area contributed by atoms with Gasteiger partial charge in [-0.15, -0.1) is 0 Å². The summed E-state index contributed by atoms with van der Waals surface area (Å²) in [6, 6.07) is 17.2. The Hall–Kier alpha value is -2.53. The molecule has 1 atom stereocenters. The van der Waals surface area contributed by atoms with E-state index in [4.69, 9.17) is 5.11 Å². The Morgan fingerprint density at radius 1 is 1.12 bits per heavy atom. The molecule has 0 aromatic heterocycles. The van der Waals surface area contributed by atoms with Gasteiger partial charge in [0.1, 0.15) is 0 Å². The monoisotopic (exact) mass is 341 g/mol. The Morgan fingerprint density at radius 3 is 2.48 bits per heavy atom. The summed E-state index contributed by atoms with van der Waals surface area (Å²) in [6.07, 6.45) is 1.32. The van der Waals surface area contributed by atoms with Crippen molar-refractivity contribution in [1.82, 2.24) is 5.32 Å². The number of rotatable bonds is 8. The zero-order valence-corrected chi connectivity index (χ0v) is 14.9. The molecule has 0 radical (unpaired) electrons. The highest BCUT2D eigenvalue weighted by atomic mass is 16.3. The van der Waals surface area contributed by atoms with Gasteiger partial charge in [-0.05, 0) is 37.5 Å². The van der Waals surface area contributed by atoms with Crippen LogP contribution in [-0.2, 0) is 0 Å². The lowest BCUT2D eigenvalue weighted by molar-refractivity contribution is 0.244. The quantitative estimate of drug-likeness (QED) is 0.685. The molecule has 134 valence electrons. The zero-order chi connectivity index (χ0) is 18.1. The standard InChI is InChI=1S/C20H27N3O2/c1-3-23(2)19-14-8-7-12-18(19)22-20(25)21-17(13-9-15-24)16-10-5-4-6-11-16/h4-8,10-12,14,17,24H,3,9,13,15H2,1-2H3,(H2,21,22,25)/t17-/m1/s1. The first kappa shape index (κ1) is 18.8. The van der Waals surface area contributed by atoms with Gasteiger partial charge in [0, 0.05) is 20.2 Å². The largest absolute Gasteiger partial charge is 0.396 e. The molecule has 5 heteroatoms. The summed E-state index contributed by atoms with van der Waals surface area (Å²) in [5.74, 6) is 0. The highest BCUT2D eigenvalue weighted by Gasteiger charge is 2.15. The van der Waals surface area contributed by atoms with Crippen molar-refractivity contribution >= 4 is 17.4 Å². The number of para-hydroxylation sites is 2. The van der Waals surface area contributed by atoms with Gasteiger partial charge in [0.25, 0.3) is 0 Å². The van der Waals surface area contributed by atoms with Crippen LogP contribution in [0.4, 0.5) is 16.2 Å². The lowest BCUT2D eigenvalue weighted by Gasteiger charge is -2.23. The molecule has 0 fully saturated rings. The van der Waals surface area contributed by atoms with E-state index in [0.29, 0.717) is 12.8 Å². The molecule has 2 aromatic rings. The van der Waals surface area contributed by atoms with Crippen LogP contribution in [0, 0.1) is 0 Å². The van der Waals surface area contributed by atoms with Crippen LogP contribution in [0.3, 0.4) is 0 Å². The number of amides is 2. The van der Waals surface area contributed by atoms with Crippen LogP contribution >= 0.6 is 0 Å². The first-order valence-corrected chi connectivity index (χ1v) is 8.69. The first-order valence-electron chi connectivity index (χ1n) is 8.69. The molecule has 0 unspecified atom stereocenters.